The summed E-state index contributed by atoms with van der Waals surface area (Å²) in [6.07, 6.45) is 0.0749. The Hall–Kier alpha value is -2.11. The molecular formula is C15H12Cl2N2O3. The average molecular weight is 339 g/mol. The second-order valence-corrected chi connectivity index (χ2v) is 5.39. The van der Waals surface area contributed by atoms with Crippen LogP contribution in [0.2, 0.25) is 10.0 Å². The molecule has 22 heavy (non-hydrogen) atoms. The molecule has 0 aliphatic rings. The largest absolute Gasteiger partial charge is 0.352 e. The first kappa shape index (κ1) is 16.3. The fourth-order valence-electron chi connectivity index (χ4n) is 1.86. The van der Waals surface area contributed by atoms with E-state index in [4.69, 9.17) is 23.2 Å². The predicted octanol–water partition coefficient (Wildman–Crippen LogP) is 3.76. The van der Waals surface area contributed by atoms with Crippen molar-refractivity contribution in [1.82, 2.24) is 5.32 Å². The van der Waals surface area contributed by atoms with E-state index in [0.29, 0.717) is 15.6 Å². The van der Waals surface area contributed by atoms with E-state index in [-0.39, 0.29) is 24.6 Å². The van der Waals surface area contributed by atoms with E-state index >= 15 is 0 Å². The molecule has 2 rings (SSSR count). The van der Waals surface area contributed by atoms with Crippen molar-refractivity contribution >= 4 is 34.8 Å². The number of rotatable bonds is 5. The third-order valence-corrected chi connectivity index (χ3v) is 3.74. The molecule has 0 bridgehead atoms. The molecule has 114 valence electrons. The first-order chi connectivity index (χ1) is 10.5. The first-order valence-electron chi connectivity index (χ1n) is 6.40. The number of amides is 1. The number of nitrogens with one attached hydrogen (secondary N) is 1. The van der Waals surface area contributed by atoms with Crippen LogP contribution in [-0.4, -0.2) is 10.8 Å². The minimum Gasteiger partial charge on any atom is -0.352 e. The second-order valence-electron chi connectivity index (χ2n) is 4.58. The molecule has 7 heteroatoms. The summed E-state index contributed by atoms with van der Waals surface area (Å²) in [4.78, 5) is 22.0. The molecule has 0 atom stereocenters. The predicted molar refractivity (Wildman–Crippen MR) is 85.1 cm³/mol. The molecule has 0 aromatic heterocycles. The lowest BCUT2D eigenvalue weighted by Crippen LogP contribution is -2.24. The van der Waals surface area contributed by atoms with Crippen LogP contribution in [0.3, 0.4) is 0 Å². The van der Waals surface area contributed by atoms with E-state index in [1.165, 1.54) is 12.1 Å². The number of nitro groups is 1. The van der Waals surface area contributed by atoms with E-state index in [1.807, 2.05) is 0 Å². The molecule has 0 aliphatic heterocycles. The number of nitrogens with zero attached hydrogens (tertiary/aromatic N) is 1. The van der Waals surface area contributed by atoms with Crippen LogP contribution in [0.25, 0.3) is 0 Å². The Labute approximate surface area is 137 Å². The van der Waals surface area contributed by atoms with Crippen LogP contribution in [0.15, 0.2) is 42.5 Å². The van der Waals surface area contributed by atoms with Crippen LogP contribution in [0.5, 0.6) is 0 Å². The second kappa shape index (κ2) is 7.24. The van der Waals surface area contributed by atoms with E-state index in [0.717, 1.165) is 5.56 Å². The molecule has 0 unspecified atom stereocenters. The Kier molecular flexibility index (Phi) is 5.35. The number of benzene rings is 2. The van der Waals surface area contributed by atoms with Crippen LogP contribution >= 0.6 is 23.2 Å². The van der Waals surface area contributed by atoms with Gasteiger partial charge in [-0.25, -0.2) is 0 Å². The van der Waals surface area contributed by atoms with Crippen molar-refractivity contribution in [3.05, 3.63) is 73.8 Å². The minimum atomic E-state index is -0.470. The zero-order valence-electron chi connectivity index (χ0n) is 11.4. The average Bonchev–Trinajstić information content (AvgIpc) is 2.49. The Bertz CT molecular complexity index is 682. The van der Waals surface area contributed by atoms with Crippen LogP contribution in [0.1, 0.15) is 11.1 Å². The van der Waals surface area contributed by atoms with Crippen LogP contribution in [0.4, 0.5) is 5.69 Å². The van der Waals surface area contributed by atoms with Gasteiger partial charge in [-0.1, -0.05) is 41.4 Å². The van der Waals surface area contributed by atoms with Gasteiger partial charge in [-0.15, -0.1) is 0 Å². The molecule has 0 radical (unpaired) electrons. The van der Waals surface area contributed by atoms with Gasteiger partial charge in [-0.05, 0) is 23.3 Å². The van der Waals surface area contributed by atoms with Gasteiger partial charge in [-0.3, -0.25) is 14.9 Å². The lowest BCUT2D eigenvalue weighted by atomic mass is 10.1. The third kappa shape index (κ3) is 4.19. The molecule has 0 aliphatic carbocycles. The molecule has 0 heterocycles. The maximum absolute atomic E-state index is 11.9. The van der Waals surface area contributed by atoms with E-state index < -0.39 is 4.92 Å². The SMILES string of the molecule is O=C(Cc1c(Cl)cccc1Cl)NCc1ccc([N+](=O)[O-])cc1. The summed E-state index contributed by atoms with van der Waals surface area (Å²) in [5.41, 5.74) is 1.36. The zero-order valence-corrected chi connectivity index (χ0v) is 12.9. The summed E-state index contributed by atoms with van der Waals surface area (Å²) in [6, 6.07) is 11.0. The number of non-ortho nitro benzene ring substituents is 1. The molecule has 1 amide bonds. The van der Waals surface area contributed by atoms with Gasteiger partial charge in [0.25, 0.3) is 5.69 Å². The summed E-state index contributed by atoms with van der Waals surface area (Å²) in [6.45, 7) is 0.277. The minimum absolute atomic E-state index is 0.0120. The van der Waals surface area contributed by atoms with Crippen LogP contribution in [-0.2, 0) is 17.8 Å². The lowest BCUT2D eigenvalue weighted by Gasteiger charge is -2.08. The maximum Gasteiger partial charge on any atom is 0.269 e. The highest BCUT2D eigenvalue weighted by Crippen LogP contribution is 2.24. The summed E-state index contributed by atoms with van der Waals surface area (Å²) in [5, 5.41) is 14.2. The number of hydrogen-bond donors (Lipinski definition) is 1. The number of hydrogen-bond acceptors (Lipinski definition) is 3. The number of nitro benzene ring substituents is 1. The molecule has 0 spiro atoms. The fraction of sp³-hybridized carbons (Fsp3) is 0.133. The standard InChI is InChI=1S/C15H12Cl2N2O3/c16-13-2-1-3-14(17)12(13)8-15(20)18-9-10-4-6-11(7-5-10)19(21)22/h1-7H,8-9H2,(H,18,20). The number of carbonyl (C=O) groups is 1. The number of halogens is 2. The van der Waals surface area contributed by atoms with Crippen LogP contribution in [0, 0.1) is 10.1 Å². The van der Waals surface area contributed by atoms with E-state index in [2.05, 4.69) is 5.32 Å². The Morgan fingerprint density at radius 1 is 1.09 bits per heavy atom. The molecular weight excluding hydrogens is 327 g/mol. The molecule has 5 nitrogen and oxygen atoms in total. The smallest absolute Gasteiger partial charge is 0.269 e. The van der Waals surface area contributed by atoms with E-state index in [1.54, 1.807) is 30.3 Å². The van der Waals surface area contributed by atoms with Crippen molar-refractivity contribution in [2.24, 2.45) is 0 Å². The first-order valence-corrected chi connectivity index (χ1v) is 7.16. The highest BCUT2D eigenvalue weighted by molar-refractivity contribution is 6.36. The Morgan fingerprint density at radius 2 is 1.68 bits per heavy atom. The molecule has 1 N–H and O–H groups in total. The van der Waals surface area contributed by atoms with Gasteiger partial charge in [0.1, 0.15) is 0 Å². The fourth-order valence-corrected chi connectivity index (χ4v) is 2.39. The van der Waals surface area contributed by atoms with Crippen molar-refractivity contribution in [3.8, 4) is 0 Å². The summed E-state index contributed by atoms with van der Waals surface area (Å²) >= 11 is 12.0. The quantitative estimate of drug-likeness (QED) is 0.666. The van der Waals surface area contributed by atoms with E-state index in [9.17, 15) is 14.9 Å². The van der Waals surface area contributed by atoms with Gasteiger partial charge in [-0.2, -0.15) is 0 Å². The monoisotopic (exact) mass is 338 g/mol. The molecule has 0 saturated heterocycles. The van der Waals surface area contributed by atoms with Crippen molar-refractivity contribution in [3.63, 3.8) is 0 Å². The number of carbonyl (C=O) groups excluding carboxylic acids is 1. The molecule has 2 aromatic carbocycles. The Balaban J connectivity index is 1.94. The topological polar surface area (TPSA) is 72.2 Å². The van der Waals surface area contributed by atoms with Crippen molar-refractivity contribution in [2.45, 2.75) is 13.0 Å². The summed E-state index contributed by atoms with van der Waals surface area (Å²) in [7, 11) is 0. The van der Waals surface area contributed by atoms with Crippen LogP contribution < -0.4 is 5.32 Å². The molecule has 0 fully saturated rings. The van der Waals surface area contributed by atoms with Gasteiger partial charge < -0.3 is 5.32 Å². The highest BCUT2D eigenvalue weighted by Gasteiger charge is 2.11. The van der Waals surface area contributed by atoms with Crippen molar-refractivity contribution < 1.29 is 9.72 Å². The van der Waals surface area contributed by atoms with Crippen molar-refractivity contribution in [1.29, 1.82) is 0 Å². The maximum atomic E-state index is 11.9. The normalized spacial score (nSPS) is 10.3. The lowest BCUT2D eigenvalue weighted by molar-refractivity contribution is -0.384. The van der Waals surface area contributed by atoms with Gasteiger partial charge in [0.15, 0.2) is 0 Å². The van der Waals surface area contributed by atoms with Gasteiger partial charge in [0.05, 0.1) is 11.3 Å². The summed E-state index contributed by atoms with van der Waals surface area (Å²) < 4.78 is 0. The summed E-state index contributed by atoms with van der Waals surface area (Å²) in [5.74, 6) is -0.228. The van der Waals surface area contributed by atoms with Crippen molar-refractivity contribution in [2.75, 3.05) is 0 Å². The molecule has 2 aromatic rings. The molecule has 0 saturated carbocycles. The Morgan fingerprint density at radius 3 is 2.23 bits per heavy atom. The zero-order chi connectivity index (χ0) is 16.1. The van der Waals surface area contributed by atoms with Gasteiger partial charge in [0.2, 0.25) is 5.91 Å². The van der Waals surface area contributed by atoms with Gasteiger partial charge >= 0.3 is 0 Å². The third-order valence-electron chi connectivity index (χ3n) is 3.04. The highest BCUT2D eigenvalue weighted by atomic mass is 35.5. The van der Waals surface area contributed by atoms with Gasteiger partial charge in [0, 0.05) is 28.7 Å².